The average molecular weight is 467 g/mol. The van der Waals surface area contributed by atoms with Crippen LogP contribution in [0.15, 0.2) is 72.4 Å². The maximum Gasteiger partial charge on any atom is 0.282 e. The fraction of sp³-hybridized carbons (Fsp3) is 0.120. The molecule has 0 saturated carbocycles. The van der Waals surface area contributed by atoms with E-state index in [1.807, 2.05) is 19.9 Å². The lowest BCUT2D eigenvalue weighted by molar-refractivity contribution is -0.120. The second kappa shape index (κ2) is 9.07. The highest BCUT2D eigenvalue weighted by Gasteiger charge is 2.40. The highest BCUT2D eigenvalue weighted by atomic mass is 35.5. The van der Waals surface area contributed by atoms with Crippen LogP contribution in [0.3, 0.4) is 0 Å². The van der Waals surface area contributed by atoms with Crippen LogP contribution >= 0.6 is 23.2 Å². The van der Waals surface area contributed by atoms with Crippen LogP contribution in [0.1, 0.15) is 18.1 Å². The van der Waals surface area contributed by atoms with Crippen molar-refractivity contribution in [1.29, 1.82) is 0 Å². The highest BCUT2D eigenvalue weighted by Crippen LogP contribution is 2.35. The summed E-state index contributed by atoms with van der Waals surface area (Å²) in [6, 6.07) is 19.0. The SMILES string of the molecule is CCOc1ccc(C2=C(Nc3cc(Cl)ccc3C)C(=O)N(c3ccc(Cl)cc3)C2=O)cc1. The summed E-state index contributed by atoms with van der Waals surface area (Å²) in [5.74, 6) is -0.201. The maximum atomic E-state index is 13.5. The summed E-state index contributed by atoms with van der Waals surface area (Å²) in [4.78, 5) is 28.1. The van der Waals surface area contributed by atoms with Crippen molar-refractivity contribution in [2.75, 3.05) is 16.8 Å². The summed E-state index contributed by atoms with van der Waals surface area (Å²) in [7, 11) is 0. The van der Waals surface area contributed by atoms with Crippen molar-refractivity contribution in [3.63, 3.8) is 0 Å². The number of carbonyl (C=O) groups is 2. The molecule has 3 aromatic carbocycles. The Hall–Kier alpha value is -3.28. The van der Waals surface area contributed by atoms with Crippen LogP contribution in [0.4, 0.5) is 11.4 Å². The second-order valence-corrected chi connectivity index (χ2v) is 8.09. The summed E-state index contributed by atoms with van der Waals surface area (Å²) in [6.07, 6.45) is 0. The summed E-state index contributed by atoms with van der Waals surface area (Å²) in [5.41, 5.74) is 3.03. The Labute approximate surface area is 196 Å². The predicted molar refractivity (Wildman–Crippen MR) is 128 cm³/mol. The molecule has 0 atom stereocenters. The van der Waals surface area contributed by atoms with Crippen LogP contribution in [0.5, 0.6) is 5.75 Å². The minimum Gasteiger partial charge on any atom is -0.494 e. The smallest absolute Gasteiger partial charge is 0.282 e. The first-order chi connectivity index (χ1) is 15.4. The van der Waals surface area contributed by atoms with Gasteiger partial charge in [0.15, 0.2) is 0 Å². The van der Waals surface area contributed by atoms with Crippen molar-refractivity contribution < 1.29 is 14.3 Å². The van der Waals surface area contributed by atoms with Gasteiger partial charge < -0.3 is 10.1 Å². The molecule has 0 spiro atoms. The molecule has 0 aliphatic carbocycles. The van der Waals surface area contributed by atoms with Crippen LogP contribution in [0, 0.1) is 6.92 Å². The lowest BCUT2D eigenvalue weighted by atomic mass is 10.0. The van der Waals surface area contributed by atoms with Crippen molar-refractivity contribution in [3.8, 4) is 5.75 Å². The number of aryl methyl sites for hydroxylation is 1. The van der Waals surface area contributed by atoms with E-state index in [4.69, 9.17) is 27.9 Å². The molecule has 3 aromatic rings. The van der Waals surface area contributed by atoms with Crippen LogP contribution < -0.4 is 15.0 Å². The van der Waals surface area contributed by atoms with Gasteiger partial charge in [0, 0.05) is 15.7 Å². The van der Waals surface area contributed by atoms with E-state index >= 15 is 0 Å². The van der Waals surface area contributed by atoms with E-state index < -0.39 is 11.8 Å². The molecular weight excluding hydrogens is 447 g/mol. The summed E-state index contributed by atoms with van der Waals surface area (Å²) in [6.45, 7) is 4.33. The lowest BCUT2D eigenvalue weighted by Gasteiger charge is -2.16. The molecule has 1 aliphatic rings. The molecule has 1 aliphatic heterocycles. The average Bonchev–Trinajstić information content (AvgIpc) is 3.02. The van der Waals surface area contributed by atoms with Crippen molar-refractivity contribution in [2.45, 2.75) is 13.8 Å². The van der Waals surface area contributed by atoms with E-state index in [0.717, 1.165) is 10.5 Å². The normalized spacial score (nSPS) is 13.7. The van der Waals surface area contributed by atoms with Crippen molar-refractivity contribution >= 4 is 52.0 Å². The predicted octanol–water partition coefficient (Wildman–Crippen LogP) is 6.10. The van der Waals surface area contributed by atoms with Gasteiger partial charge in [-0.25, -0.2) is 4.90 Å². The second-order valence-electron chi connectivity index (χ2n) is 7.21. The number of benzene rings is 3. The van der Waals surface area contributed by atoms with Gasteiger partial charge in [0.2, 0.25) is 0 Å². The number of amides is 2. The van der Waals surface area contributed by atoms with E-state index in [9.17, 15) is 9.59 Å². The molecule has 32 heavy (non-hydrogen) atoms. The monoisotopic (exact) mass is 466 g/mol. The molecule has 0 bridgehead atoms. The standard InChI is InChI=1S/C25H20Cl2N2O3/c1-3-32-20-12-5-16(6-13-20)22-23(28-21-14-18(27)7-4-15(21)2)25(31)29(24(22)30)19-10-8-17(26)9-11-19/h4-14,28H,3H2,1-2H3. The molecule has 7 heteroatoms. The Bertz CT molecular complexity index is 1220. The number of imide groups is 1. The van der Waals surface area contributed by atoms with Gasteiger partial charge in [-0.3, -0.25) is 9.59 Å². The lowest BCUT2D eigenvalue weighted by Crippen LogP contribution is -2.32. The molecule has 162 valence electrons. The van der Waals surface area contributed by atoms with Gasteiger partial charge in [0.1, 0.15) is 11.4 Å². The van der Waals surface area contributed by atoms with Gasteiger partial charge >= 0.3 is 0 Å². The van der Waals surface area contributed by atoms with E-state index in [0.29, 0.717) is 39.3 Å². The van der Waals surface area contributed by atoms with Crippen molar-refractivity contribution in [2.24, 2.45) is 0 Å². The number of hydrogen-bond acceptors (Lipinski definition) is 4. The van der Waals surface area contributed by atoms with Crippen molar-refractivity contribution in [1.82, 2.24) is 0 Å². The highest BCUT2D eigenvalue weighted by molar-refractivity contribution is 6.46. The van der Waals surface area contributed by atoms with Crippen LogP contribution in [-0.2, 0) is 9.59 Å². The first kappa shape index (κ1) is 21.9. The number of halogens is 2. The number of rotatable bonds is 6. The third-order valence-electron chi connectivity index (χ3n) is 5.08. The van der Waals surface area contributed by atoms with Crippen LogP contribution in [0.25, 0.3) is 5.57 Å². The zero-order chi connectivity index (χ0) is 22.8. The van der Waals surface area contributed by atoms with Gasteiger partial charge in [-0.15, -0.1) is 0 Å². The Balaban J connectivity index is 1.81. The van der Waals surface area contributed by atoms with E-state index in [1.165, 1.54) is 0 Å². The number of nitrogens with one attached hydrogen (secondary N) is 1. The van der Waals surface area contributed by atoms with E-state index in [-0.39, 0.29) is 11.3 Å². The molecule has 4 rings (SSSR count). The van der Waals surface area contributed by atoms with Crippen molar-refractivity contribution in [3.05, 3.63) is 93.6 Å². The van der Waals surface area contributed by atoms with Gasteiger partial charge in [0.25, 0.3) is 11.8 Å². The molecule has 0 unspecified atom stereocenters. The number of ether oxygens (including phenoxy) is 1. The summed E-state index contributed by atoms with van der Waals surface area (Å²) in [5, 5.41) is 4.19. The minimum absolute atomic E-state index is 0.180. The topological polar surface area (TPSA) is 58.6 Å². The zero-order valence-electron chi connectivity index (χ0n) is 17.5. The number of nitrogens with zero attached hydrogens (tertiary/aromatic N) is 1. The number of carbonyl (C=O) groups excluding carboxylic acids is 2. The summed E-state index contributed by atoms with van der Waals surface area (Å²) >= 11 is 12.2. The number of anilines is 2. The van der Waals surface area contributed by atoms with Gasteiger partial charge in [-0.05, 0) is 73.5 Å². The molecule has 0 aromatic heterocycles. The first-order valence-corrected chi connectivity index (χ1v) is 10.8. The van der Waals surface area contributed by atoms with Crippen LogP contribution in [-0.4, -0.2) is 18.4 Å². The first-order valence-electron chi connectivity index (χ1n) is 10.0. The maximum absolute atomic E-state index is 13.5. The molecule has 1 N–H and O–H groups in total. The quantitative estimate of drug-likeness (QED) is 0.446. The molecule has 5 nitrogen and oxygen atoms in total. The molecule has 0 saturated heterocycles. The molecule has 1 heterocycles. The molecule has 0 radical (unpaired) electrons. The van der Waals surface area contributed by atoms with E-state index in [1.54, 1.807) is 60.7 Å². The van der Waals surface area contributed by atoms with Gasteiger partial charge in [-0.2, -0.15) is 0 Å². The van der Waals surface area contributed by atoms with E-state index in [2.05, 4.69) is 5.32 Å². The molecule has 2 amide bonds. The Morgan fingerprint density at radius 3 is 2.19 bits per heavy atom. The van der Waals surface area contributed by atoms with Crippen LogP contribution in [0.2, 0.25) is 10.0 Å². The largest absolute Gasteiger partial charge is 0.494 e. The Morgan fingerprint density at radius 1 is 0.875 bits per heavy atom. The molecular formula is C25H20Cl2N2O3. The van der Waals surface area contributed by atoms with Gasteiger partial charge in [0.05, 0.1) is 17.9 Å². The Kier molecular flexibility index (Phi) is 6.21. The van der Waals surface area contributed by atoms with Gasteiger partial charge in [-0.1, -0.05) is 41.4 Å². The number of hydrogen-bond donors (Lipinski definition) is 1. The fourth-order valence-electron chi connectivity index (χ4n) is 3.49. The molecule has 0 fully saturated rings. The fourth-order valence-corrected chi connectivity index (χ4v) is 3.78. The third-order valence-corrected chi connectivity index (χ3v) is 5.57. The minimum atomic E-state index is -0.458. The Morgan fingerprint density at radius 2 is 1.53 bits per heavy atom. The summed E-state index contributed by atoms with van der Waals surface area (Å²) < 4.78 is 5.50. The third kappa shape index (κ3) is 4.22. The zero-order valence-corrected chi connectivity index (χ0v) is 19.0.